The number of ether oxygens (including phenoxy) is 2. The van der Waals surface area contributed by atoms with Gasteiger partial charge < -0.3 is 15.2 Å². The summed E-state index contributed by atoms with van der Waals surface area (Å²) in [4.78, 5) is 12.2. The maximum atomic E-state index is 13.2. The lowest BCUT2D eigenvalue weighted by Crippen LogP contribution is -2.16. The highest BCUT2D eigenvalue weighted by Gasteiger charge is 2.29. The lowest BCUT2D eigenvalue weighted by atomic mass is 9.88. The third-order valence-electron chi connectivity index (χ3n) is 6.55. The van der Waals surface area contributed by atoms with Gasteiger partial charge in [-0.25, -0.2) is 26.7 Å². The van der Waals surface area contributed by atoms with E-state index in [2.05, 4.69) is 9.82 Å². The lowest BCUT2D eigenvalue weighted by molar-refractivity contribution is 0.0994. The van der Waals surface area contributed by atoms with Crippen LogP contribution in [0.5, 0.6) is 11.5 Å². The van der Waals surface area contributed by atoms with Gasteiger partial charge in [0.2, 0.25) is 10.0 Å². The molecule has 12 nitrogen and oxygen atoms in total. The summed E-state index contributed by atoms with van der Waals surface area (Å²) in [6.07, 6.45) is 1.05. The molecule has 1 aromatic heterocycles. The Bertz CT molecular complexity index is 1870. The molecule has 5 rings (SSSR count). The number of methoxy groups -OCH3 is 2. The van der Waals surface area contributed by atoms with Crippen LogP contribution in [0.4, 0.5) is 5.69 Å². The highest BCUT2D eigenvalue weighted by molar-refractivity contribution is 7.92. The van der Waals surface area contributed by atoms with Crippen molar-refractivity contribution in [3.63, 3.8) is 0 Å². The van der Waals surface area contributed by atoms with Gasteiger partial charge in [-0.1, -0.05) is 6.07 Å². The van der Waals surface area contributed by atoms with Crippen LogP contribution in [0.25, 0.3) is 16.9 Å². The number of amides is 1. The Morgan fingerprint density at radius 2 is 1.57 bits per heavy atom. The Morgan fingerprint density at radius 1 is 0.900 bits per heavy atom. The number of anilines is 1. The first kappa shape index (κ1) is 27.2. The number of aryl methyl sites for hydroxylation is 1. The fourth-order valence-corrected chi connectivity index (χ4v) is 6.24. The Balaban J connectivity index is 1.59. The van der Waals surface area contributed by atoms with E-state index in [1.807, 2.05) is 0 Å². The highest BCUT2D eigenvalue weighted by atomic mass is 32.2. The van der Waals surface area contributed by atoms with Gasteiger partial charge in [-0.15, -0.1) is 0 Å². The van der Waals surface area contributed by atoms with Crippen LogP contribution in [0.2, 0.25) is 0 Å². The fraction of sp³-hybridized carbons (Fsp3) is 0.154. The van der Waals surface area contributed by atoms with Crippen molar-refractivity contribution < 1.29 is 31.1 Å². The van der Waals surface area contributed by atoms with Crippen LogP contribution in [-0.4, -0.2) is 46.7 Å². The van der Waals surface area contributed by atoms with Gasteiger partial charge in [0.15, 0.2) is 17.2 Å². The summed E-state index contributed by atoms with van der Waals surface area (Å²) in [5.74, 6) is -0.0694. The standard InChI is InChI=1S/C26H25N5O7S2/c1-37-22-12-10-19(14-23(22)38-2)40(35,36)30-16-5-3-15-4-11-20-24(26(27)32)29-31(25(20)21(15)13-16)17-6-8-18(9-7-17)39(28,33)34/h3,5-10,12-14,30H,4,11H2,1-2H3,(H2,27,32)(H2,28,33,34). The maximum absolute atomic E-state index is 13.2. The number of hydrogen-bond acceptors (Lipinski definition) is 8. The van der Waals surface area contributed by atoms with Gasteiger partial charge in [0.1, 0.15) is 0 Å². The Labute approximate surface area is 230 Å². The zero-order valence-electron chi connectivity index (χ0n) is 21.4. The van der Waals surface area contributed by atoms with Crippen LogP contribution in [0, 0.1) is 0 Å². The van der Waals surface area contributed by atoms with Crippen LogP contribution in [0.1, 0.15) is 21.6 Å². The lowest BCUT2D eigenvalue weighted by Gasteiger charge is -2.20. The number of carbonyl (C=O) groups is 1. The van der Waals surface area contributed by atoms with Crippen molar-refractivity contribution in [3.05, 3.63) is 77.5 Å². The number of hydrogen-bond donors (Lipinski definition) is 3. The van der Waals surface area contributed by atoms with E-state index in [9.17, 15) is 21.6 Å². The molecule has 1 heterocycles. The molecule has 0 unspecified atom stereocenters. The first-order valence-electron chi connectivity index (χ1n) is 11.9. The predicted molar refractivity (Wildman–Crippen MR) is 147 cm³/mol. The first-order chi connectivity index (χ1) is 18.9. The number of primary sulfonamides is 1. The normalized spacial score (nSPS) is 12.8. The molecule has 0 bridgehead atoms. The summed E-state index contributed by atoms with van der Waals surface area (Å²) < 4.78 is 64.4. The number of primary amides is 1. The molecule has 1 aliphatic rings. The van der Waals surface area contributed by atoms with Crippen LogP contribution in [-0.2, 0) is 32.9 Å². The number of nitrogens with two attached hydrogens (primary N) is 2. The SMILES string of the molecule is COc1ccc(S(=O)(=O)Nc2ccc3c(c2)-c2c(c(C(N)=O)nn2-c2ccc(S(N)(=O)=O)cc2)CC3)cc1OC. The van der Waals surface area contributed by atoms with Crippen molar-refractivity contribution in [2.24, 2.45) is 10.9 Å². The van der Waals surface area contributed by atoms with E-state index in [1.54, 1.807) is 18.2 Å². The van der Waals surface area contributed by atoms with E-state index < -0.39 is 26.0 Å². The molecule has 0 saturated carbocycles. The molecule has 208 valence electrons. The van der Waals surface area contributed by atoms with Crippen molar-refractivity contribution in [1.29, 1.82) is 0 Å². The van der Waals surface area contributed by atoms with E-state index in [0.29, 0.717) is 41.1 Å². The predicted octanol–water partition coefficient (Wildman–Crippen LogP) is 2.20. The molecule has 0 atom stereocenters. The minimum atomic E-state index is -4.01. The van der Waals surface area contributed by atoms with Gasteiger partial charge in [-0.2, -0.15) is 5.10 Å². The average Bonchev–Trinajstić information content (AvgIpc) is 3.32. The zero-order chi connectivity index (χ0) is 28.8. The van der Waals surface area contributed by atoms with Gasteiger partial charge in [0.25, 0.3) is 15.9 Å². The largest absolute Gasteiger partial charge is 0.493 e. The molecule has 5 N–H and O–H groups in total. The van der Waals surface area contributed by atoms with Crippen LogP contribution in [0.15, 0.2) is 70.5 Å². The average molecular weight is 584 g/mol. The molecular weight excluding hydrogens is 558 g/mol. The quantitative estimate of drug-likeness (QED) is 0.282. The third-order valence-corrected chi connectivity index (χ3v) is 8.86. The number of aromatic nitrogens is 2. The van der Waals surface area contributed by atoms with E-state index in [0.717, 1.165) is 5.56 Å². The van der Waals surface area contributed by atoms with E-state index in [1.165, 1.54) is 61.4 Å². The van der Waals surface area contributed by atoms with Crippen molar-refractivity contribution in [2.45, 2.75) is 22.6 Å². The van der Waals surface area contributed by atoms with Crippen LogP contribution >= 0.6 is 0 Å². The molecule has 0 saturated heterocycles. The minimum Gasteiger partial charge on any atom is -0.493 e. The van der Waals surface area contributed by atoms with E-state index in [-0.39, 0.29) is 26.9 Å². The molecule has 0 spiro atoms. The molecule has 1 aliphatic carbocycles. The number of benzene rings is 3. The summed E-state index contributed by atoms with van der Waals surface area (Å²) in [5.41, 5.74) is 9.14. The fourth-order valence-electron chi connectivity index (χ4n) is 4.66. The summed E-state index contributed by atoms with van der Waals surface area (Å²) in [6, 6.07) is 15.1. The van der Waals surface area contributed by atoms with Gasteiger partial charge in [-0.3, -0.25) is 9.52 Å². The van der Waals surface area contributed by atoms with Gasteiger partial charge in [-0.05, 0) is 66.9 Å². The second kappa shape index (κ2) is 9.97. The third kappa shape index (κ3) is 4.87. The molecule has 14 heteroatoms. The second-order valence-electron chi connectivity index (χ2n) is 8.98. The van der Waals surface area contributed by atoms with Gasteiger partial charge in [0, 0.05) is 22.9 Å². The maximum Gasteiger partial charge on any atom is 0.269 e. The van der Waals surface area contributed by atoms with E-state index in [4.69, 9.17) is 20.3 Å². The Morgan fingerprint density at radius 3 is 2.20 bits per heavy atom. The molecule has 4 aromatic rings. The first-order valence-corrected chi connectivity index (χ1v) is 14.9. The van der Waals surface area contributed by atoms with Crippen molar-refractivity contribution in [2.75, 3.05) is 18.9 Å². The van der Waals surface area contributed by atoms with Crippen molar-refractivity contribution in [1.82, 2.24) is 9.78 Å². The Hall–Kier alpha value is -4.40. The summed E-state index contributed by atoms with van der Waals surface area (Å²) >= 11 is 0. The number of carbonyl (C=O) groups excluding carboxylic acids is 1. The molecule has 0 fully saturated rings. The topological polar surface area (TPSA) is 186 Å². The molecule has 3 aromatic carbocycles. The molecule has 0 radical (unpaired) electrons. The summed E-state index contributed by atoms with van der Waals surface area (Å²) in [6.45, 7) is 0. The van der Waals surface area contributed by atoms with Gasteiger partial charge >= 0.3 is 0 Å². The second-order valence-corrected chi connectivity index (χ2v) is 12.2. The minimum absolute atomic E-state index is 0.0282. The van der Waals surface area contributed by atoms with Gasteiger partial charge in [0.05, 0.1) is 35.4 Å². The molecule has 1 amide bonds. The smallest absolute Gasteiger partial charge is 0.269 e. The number of nitrogens with one attached hydrogen (secondary N) is 1. The zero-order valence-corrected chi connectivity index (χ0v) is 23.0. The van der Waals surface area contributed by atoms with Crippen LogP contribution in [0.3, 0.4) is 0 Å². The number of sulfonamides is 2. The highest BCUT2D eigenvalue weighted by Crippen LogP contribution is 2.39. The van der Waals surface area contributed by atoms with E-state index >= 15 is 0 Å². The number of fused-ring (bicyclic) bond motifs is 3. The molecule has 40 heavy (non-hydrogen) atoms. The van der Waals surface area contributed by atoms with Crippen LogP contribution < -0.4 is 25.1 Å². The summed E-state index contributed by atoms with van der Waals surface area (Å²) in [7, 11) is -5.06. The molecular formula is C26H25N5O7S2. The number of rotatable bonds is 8. The van der Waals surface area contributed by atoms with Crippen molar-refractivity contribution >= 4 is 31.6 Å². The molecule has 0 aliphatic heterocycles. The number of nitrogens with zero attached hydrogens (tertiary/aromatic N) is 2. The summed E-state index contributed by atoms with van der Waals surface area (Å²) in [5, 5.41) is 9.66. The monoisotopic (exact) mass is 583 g/mol. The van der Waals surface area contributed by atoms with Crippen molar-refractivity contribution in [3.8, 4) is 28.4 Å². The Kier molecular flexibility index (Phi) is 6.77.